The van der Waals surface area contributed by atoms with Crippen LogP contribution < -0.4 is 5.32 Å². The Hall–Kier alpha value is -3.59. The number of nitrogens with zero attached hydrogens (tertiary/aromatic N) is 1. The third-order valence-corrected chi connectivity index (χ3v) is 6.90. The van der Waals surface area contributed by atoms with Crippen LogP contribution >= 0.6 is 11.8 Å². The van der Waals surface area contributed by atoms with Crippen molar-refractivity contribution in [2.45, 2.75) is 31.4 Å². The van der Waals surface area contributed by atoms with Gasteiger partial charge in [0.25, 0.3) is 5.91 Å². The van der Waals surface area contributed by atoms with E-state index in [9.17, 15) is 24.3 Å². The van der Waals surface area contributed by atoms with E-state index in [1.54, 1.807) is 31.2 Å². The van der Waals surface area contributed by atoms with E-state index in [0.717, 1.165) is 5.56 Å². The van der Waals surface area contributed by atoms with Crippen molar-refractivity contribution in [2.24, 2.45) is 0 Å². The van der Waals surface area contributed by atoms with E-state index in [-0.39, 0.29) is 24.3 Å². The monoisotopic (exact) mass is 466 g/mol. The second-order valence-corrected chi connectivity index (χ2v) is 8.89. The summed E-state index contributed by atoms with van der Waals surface area (Å²) in [6.45, 7) is 1.80. The van der Waals surface area contributed by atoms with Crippen LogP contribution in [-0.2, 0) is 32.1 Å². The quantitative estimate of drug-likeness (QED) is 0.476. The molecule has 2 aromatic rings. The van der Waals surface area contributed by atoms with Crippen molar-refractivity contribution in [2.75, 3.05) is 5.75 Å². The standard InChI is InChI=1S/C24H22N2O6S/c1-14-13-33-22-19(21(28)26(22)20(14)23(29)30)25-18(27)11-16-9-5-6-10-17(16)24(31)32-12-15-7-3-2-4-8-15/h2-10,19,22H,11-13H2,1H3,(H,25,27)(H,29,30)/t19?,22-/m1/s1. The van der Waals surface area contributed by atoms with Gasteiger partial charge in [-0.15, -0.1) is 11.8 Å². The number of aliphatic carboxylic acids is 1. The minimum absolute atomic E-state index is 0.0132. The summed E-state index contributed by atoms with van der Waals surface area (Å²) in [5.41, 5.74) is 2.22. The van der Waals surface area contributed by atoms with E-state index in [2.05, 4.69) is 5.32 Å². The van der Waals surface area contributed by atoms with Gasteiger partial charge in [-0.05, 0) is 29.7 Å². The molecule has 0 aliphatic carbocycles. The normalized spacial score (nSPS) is 19.4. The van der Waals surface area contributed by atoms with Gasteiger partial charge < -0.3 is 15.2 Å². The van der Waals surface area contributed by atoms with Gasteiger partial charge in [-0.25, -0.2) is 9.59 Å². The van der Waals surface area contributed by atoms with Crippen molar-refractivity contribution < 1.29 is 29.0 Å². The number of ether oxygens (including phenoxy) is 1. The number of esters is 1. The number of amides is 2. The van der Waals surface area contributed by atoms with Crippen molar-refractivity contribution in [1.29, 1.82) is 0 Å². The van der Waals surface area contributed by atoms with Crippen molar-refractivity contribution in [3.63, 3.8) is 0 Å². The first-order valence-corrected chi connectivity index (χ1v) is 11.4. The van der Waals surface area contributed by atoms with Crippen molar-refractivity contribution in [3.8, 4) is 0 Å². The molecule has 2 atom stereocenters. The van der Waals surface area contributed by atoms with Gasteiger partial charge in [0.2, 0.25) is 5.91 Å². The molecule has 2 aliphatic heterocycles. The molecule has 2 heterocycles. The molecule has 0 saturated carbocycles. The van der Waals surface area contributed by atoms with Crippen molar-refractivity contribution in [1.82, 2.24) is 10.2 Å². The Bertz CT molecular complexity index is 1150. The van der Waals surface area contributed by atoms with Gasteiger partial charge in [0.1, 0.15) is 23.7 Å². The maximum atomic E-state index is 12.7. The van der Waals surface area contributed by atoms with Gasteiger partial charge in [-0.3, -0.25) is 14.5 Å². The first kappa shape index (κ1) is 22.6. The lowest BCUT2D eigenvalue weighted by Crippen LogP contribution is -2.70. The Morgan fingerprint density at radius 1 is 1.12 bits per heavy atom. The molecule has 2 aliphatic rings. The summed E-state index contributed by atoms with van der Waals surface area (Å²) in [6, 6.07) is 15.1. The molecule has 33 heavy (non-hydrogen) atoms. The summed E-state index contributed by atoms with van der Waals surface area (Å²) >= 11 is 1.41. The van der Waals surface area contributed by atoms with Crippen LogP contribution in [0.3, 0.4) is 0 Å². The minimum Gasteiger partial charge on any atom is -0.477 e. The topological polar surface area (TPSA) is 113 Å². The predicted octanol–water partition coefficient (Wildman–Crippen LogP) is 2.34. The number of β-lactam (4-membered cyclic amide) rings is 1. The molecule has 1 fully saturated rings. The van der Waals surface area contributed by atoms with E-state index in [1.165, 1.54) is 16.7 Å². The highest BCUT2D eigenvalue weighted by atomic mass is 32.2. The number of nitrogens with one attached hydrogen (secondary N) is 1. The highest BCUT2D eigenvalue weighted by Crippen LogP contribution is 2.40. The number of carbonyl (C=O) groups excluding carboxylic acids is 3. The Kier molecular flexibility index (Phi) is 6.50. The number of rotatable bonds is 7. The summed E-state index contributed by atoms with van der Waals surface area (Å²) in [5, 5.41) is 11.7. The van der Waals surface area contributed by atoms with Crippen LogP contribution in [0.1, 0.15) is 28.4 Å². The zero-order chi connectivity index (χ0) is 23.5. The lowest BCUT2D eigenvalue weighted by atomic mass is 10.0. The zero-order valence-corrected chi connectivity index (χ0v) is 18.6. The van der Waals surface area contributed by atoms with Crippen LogP contribution in [0, 0.1) is 0 Å². The molecular weight excluding hydrogens is 444 g/mol. The van der Waals surface area contributed by atoms with Crippen LogP contribution in [0.15, 0.2) is 65.9 Å². The van der Waals surface area contributed by atoms with Gasteiger partial charge in [0.15, 0.2) is 0 Å². The lowest BCUT2D eigenvalue weighted by molar-refractivity contribution is -0.150. The Morgan fingerprint density at radius 3 is 2.55 bits per heavy atom. The van der Waals surface area contributed by atoms with Crippen LogP contribution in [0.5, 0.6) is 0 Å². The Labute approximate surface area is 194 Å². The molecule has 1 unspecified atom stereocenters. The van der Waals surface area contributed by atoms with Crippen LogP contribution in [0.2, 0.25) is 0 Å². The number of carboxylic acids is 1. The predicted molar refractivity (Wildman–Crippen MR) is 121 cm³/mol. The van der Waals surface area contributed by atoms with Gasteiger partial charge in [0.05, 0.1) is 12.0 Å². The minimum atomic E-state index is -1.15. The SMILES string of the molecule is CC1=C(C(=O)O)N2C(=O)C(NC(=O)Cc3ccccc3C(=O)OCc3ccccc3)[C@H]2SC1. The van der Waals surface area contributed by atoms with Crippen molar-refractivity contribution >= 4 is 35.5 Å². The highest BCUT2D eigenvalue weighted by molar-refractivity contribution is 8.00. The van der Waals surface area contributed by atoms with Gasteiger partial charge >= 0.3 is 11.9 Å². The fraction of sp³-hybridized carbons (Fsp3) is 0.250. The number of carboxylic acid groups (broad SMARTS) is 1. The van der Waals surface area contributed by atoms with E-state index in [4.69, 9.17) is 4.74 Å². The zero-order valence-electron chi connectivity index (χ0n) is 17.8. The number of hydrogen-bond acceptors (Lipinski definition) is 6. The molecule has 170 valence electrons. The number of hydrogen-bond donors (Lipinski definition) is 2. The van der Waals surface area contributed by atoms with Crippen molar-refractivity contribution in [3.05, 3.63) is 82.6 Å². The smallest absolute Gasteiger partial charge is 0.352 e. The molecule has 1 saturated heterocycles. The molecule has 2 amide bonds. The lowest BCUT2D eigenvalue weighted by Gasteiger charge is -2.49. The van der Waals surface area contributed by atoms with E-state index in [1.807, 2.05) is 30.3 Å². The molecule has 0 aromatic heterocycles. The summed E-state index contributed by atoms with van der Waals surface area (Å²) in [7, 11) is 0. The fourth-order valence-electron chi connectivity index (χ4n) is 3.85. The van der Waals surface area contributed by atoms with E-state index < -0.39 is 35.2 Å². The highest BCUT2D eigenvalue weighted by Gasteiger charge is 2.53. The average molecular weight is 467 g/mol. The van der Waals surface area contributed by atoms with E-state index >= 15 is 0 Å². The third-order valence-electron chi connectivity index (χ3n) is 5.48. The molecule has 2 N–H and O–H groups in total. The Balaban J connectivity index is 1.39. The third kappa shape index (κ3) is 4.63. The molecule has 4 rings (SSSR count). The van der Waals surface area contributed by atoms with Gasteiger partial charge in [-0.1, -0.05) is 48.5 Å². The van der Waals surface area contributed by atoms with Crippen LogP contribution in [0.25, 0.3) is 0 Å². The first-order valence-electron chi connectivity index (χ1n) is 10.3. The van der Waals surface area contributed by atoms with E-state index in [0.29, 0.717) is 16.9 Å². The summed E-state index contributed by atoms with van der Waals surface area (Å²) in [5.74, 6) is -2.10. The first-order chi connectivity index (χ1) is 15.9. The largest absolute Gasteiger partial charge is 0.477 e. The van der Waals surface area contributed by atoms with Gasteiger partial charge in [-0.2, -0.15) is 0 Å². The maximum absolute atomic E-state index is 12.7. The molecule has 0 bridgehead atoms. The second-order valence-electron chi connectivity index (χ2n) is 7.78. The summed E-state index contributed by atoms with van der Waals surface area (Å²) < 4.78 is 5.39. The maximum Gasteiger partial charge on any atom is 0.352 e. The second kappa shape index (κ2) is 9.50. The molecule has 0 spiro atoms. The summed E-state index contributed by atoms with van der Waals surface area (Å²) in [6.07, 6.45) is -0.113. The average Bonchev–Trinajstić information content (AvgIpc) is 2.81. The molecule has 0 radical (unpaired) electrons. The Morgan fingerprint density at radius 2 is 1.82 bits per heavy atom. The molecule has 2 aromatic carbocycles. The fourth-order valence-corrected chi connectivity index (χ4v) is 5.14. The summed E-state index contributed by atoms with van der Waals surface area (Å²) in [4.78, 5) is 50.6. The number of thioether (sulfide) groups is 1. The number of benzene rings is 2. The van der Waals surface area contributed by atoms with Crippen LogP contribution in [0.4, 0.5) is 0 Å². The van der Waals surface area contributed by atoms with Gasteiger partial charge in [0, 0.05) is 5.75 Å². The number of fused-ring (bicyclic) bond motifs is 1. The number of carbonyl (C=O) groups is 4. The van der Waals surface area contributed by atoms with Crippen LogP contribution in [-0.4, -0.2) is 50.9 Å². The molecular formula is C24H22N2O6S. The molecule has 8 nitrogen and oxygen atoms in total. The molecule has 9 heteroatoms.